The number of pyridine rings is 2. The first-order valence-electron chi connectivity index (χ1n) is 15.2. The Morgan fingerprint density at radius 3 is 2.60 bits per heavy atom. The van der Waals surface area contributed by atoms with E-state index in [0.29, 0.717) is 70.8 Å². The Kier molecular flexibility index (Phi) is 6.75. The maximum atomic E-state index is 14.3. The van der Waals surface area contributed by atoms with E-state index in [9.17, 15) is 18.4 Å². The van der Waals surface area contributed by atoms with Crippen LogP contribution in [-0.4, -0.2) is 42.1 Å². The van der Waals surface area contributed by atoms with Crippen molar-refractivity contribution in [1.29, 1.82) is 5.26 Å². The van der Waals surface area contributed by atoms with Crippen LogP contribution >= 0.6 is 0 Å². The van der Waals surface area contributed by atoms with Crippen LogP contribution < -0.4 is 5.76 Å². The van der Waals surface area contributed by atoms with E-state index in [0.717, 1.165) is 23.8 Å². The van der Waals surface area contributed by atoms with E-state index in [-0.39, 0.29) is 29.2 Å². The number of nitrogens with zero attached hydrogens (tertiary/aromatic N) is 6. The molecule has 0 spiro atoms. The van der Waals surface area contributed by atoms with E-state index in [1.54, 1.807) is 24.4 Å². The first kappa shape index (κ1) is 28.5. The summed E-state index contributed by atoms with van der Waals surface area (Å²) >= 11 is 0. The molecule has 1 unspecified atom stereocenters. The molecule has 1 atom stereocenters. The lowest BCUT2D eigenvalue weighted by Crippen LogP contribution is -2.23. The van der Waals surface area contributed by atoms with Gasteiger partial charge in [0.1, 0.15) is 23.4 Å². The molecular weight excluding hydrogens is 604 g/mol. The van der Waals surface area contributed by atoms with Crippen molar-refractivity contribution in [2.24, 2.45) is 0 Å². The summed E-state index contributed by atoms with van der Waals surface area (Å²) in [4.78, 5) is 37.9. The molecule has 0 aliphatic carbocycles. The summed E-state index contributed by atoms with van der Waals surface area (Å²) in [7, 11) is 0. The predicted molar refractivity (Wildman–Crippen MR) is 166 cm³/mol. The van der Waals surface area contributed by atoms with E-state index in [1.807, 2.05) is 33.9 Å². The minimum atomic E-state index is -0.743. The highest BCUT2D eigenvalue weighted by Crippen LogP contribution is 2.47. The van der Waals surface area contributed by atoms with Crippen molar-refractivity contribution in [1.82, 2.24) is 29.6 Å². The van der Waals surface area contributed by atoms with E-state index in [4.69, 9.17) is 19.6 Å². The molecule has 2 aromatic carbocycles. The normalized spacial score (nSPS) is 15.3. The summed E-state index contributed by atoms with van der Waals surface area (Å²) in [5.74, 6) is -1.79. The van der Waals surface area contributed by atoms with Crippen molar-refractivity contribution < 1.29 is 18.0 Å². The van der Waals surface area contributed by atoms with Gasteiger partial charge in [-0.1, -0.05) is 18.2 Å². The van der Waals surface area contributed by atoms with Crippen LogP contribution in [-0.2, 0) is 19.4 Å². The highest BCUT2D eigenvalue weighted by atomic mass is 19.1. The predicted octanol–water partition coefficient (Wildman–Crippen LogP) is 5.72. The third-order valence-corrected chi connectivity index (χ3v) is 8.96. The molecular formula is C35H25F2N7O3. The minimum absolute atomic E-state index is 0.00905. The molecule has 2 aliphatic heterocycles. The van der Waals surface area contributed by atoms with E-state index in [1.165, 1.54) is 24.3 Å². The fourth-order valence-electron chi connectivity index (χ4n) is 6.79. The van der Waals surface area contributed by atoms with Gasteiger partial charge in [0, 0.05) is 42.0 Å². The second-order valence-electron chi connectivity index (χ2n) is 11.8. The molecule has 10 nitrogen and oxygen atoms in total. The van der Waals surface area contributed by atoms with E-state index < -0.39 is 11.6 Å². The van der Waals surface area contributed by atoms with Gasteiger partial charge in [-0.05, 0) is 73.2 Å². The van der Waals surface area contributed by atoms with E-state index >= 15 is 0 Å². The Labute approximate surface area is 265 Å². The highest BCUT2D eigenvalue weighted by molar-refractivity contribution is 6.08. The standard InChI is InChI=1S/C35H25F2N7O3/c36-24-8-4-19(5-9-24)6-10-26-29(33-41-42-35(46)47-33)28(30-31(40-26)27-2-1-12-44(27)34(30)45)23-15-21-11-13-43(32(21)39-17-23)18-20-3-7-22(16-38)25(37)14-20/h3-5,7-9,11,13-15,17,27H,1-2,6,10,12,18H2,(H,42,46). The Bertz CT molecular complexity index is 2320. The molecule has 8 rings (SSSR count). The first-order valence-corrected chi connectivity index (χ1v) is 15.2. The zero-order valence-electron chi connectivity index (χ0n) is 24.8. The summed E-state index contributed by atoms with van der Waals surface area (Å²) in [5, 5.41) is 16.4. The molecule has 1 amide bonds. The van der Waals surface area contributed by atoms with Crippen LogP contribution in [0.4, 0.5) is 8.78 Å². The van der Waals surface area contributed by atoms with Gasteiger partial charge in [0.15, 0.2) is 0 Å². The Morgan fingerprint density at radius 1 is 1.00 bits per heavy atom. The minimum Gasteiger partial charge on any atom is -0.388 e. The molecule has 0 bridgehead atoms. The molecule has 0 radical (unpaired) electrons. The largest absolute Gasteiger partial charge is 0.434 e. The van der Waals surface area contributed by atoms with Crippen LogP contribution in [0.25, 0.3) is 33.6 Å². The molecule has 232 valence electrons. The molecule has 4 aromatic heterocycles. The Morgan fingerprint density at radius 2 is 1.83 bits per heavy atom. The molecule has 1 fully saturated rings. The van der Waals surface area contributed by atoms with Gasteiger partial charge in [0.25, 0.3) is 11.8 Å². The monoisotopic (exact) mass is 629 g/mol. The molecule has 0 saturated carbocycles. The van der Waals surface area contributed by atoms with Crippen LogP contribution in [0.3, 0.4) is 0 Å². The van der Waals surface area contributed by atoms with Crippen molar-refractivity contribution in [3.05, 3.63) is 123 Å². The van der Waals surface area contributed by atoms with Crippen molar-refractivity contribution in [2.75, 3.05) is 6.54 Å². The number of nitriles is 1. The van der Waals surface area contributed by atoms with Crippen LogP contribution in [0.2, 0.25) is 0 Å². The summed E-state index contributed by atoms with van der Waals surface area (Å²) in [5.41, 5.74) is 5.49. The molecule has 47 heavy (non-hydrogen) atoms. The number of hydrogen-bond acceptors (Lipinski definition) is 7. The van der Waals surface area contributed by atoms with Gasteiger partial charge in [-0.3, -0.25) is 9.78 Å². The van der Waals surface area contributed by atoms with Crippen molar-refractivity contribution in [2.45, 2.75) is 38.3 Å². The fraction of sp³-hybridized carbons (Fsp3) is 0.200. The van der Waals surface area contributed by atoms with Gasteiger partial charge in [-0.2, -0.15) is 5.26 Å². The lowest BCUT2D eigenvalue weighted by molar-refractivity contribution is 0.0776. The fourth-order valence-corrected chi connectivity index (χ4v) is 6.79. The average molecular weight is 630 g/mol. The lowest BCUT2D eigenvalue weighted by Gasteiger charge is -2.17. The number of aromatic amines is 1. The third kappa shape index (κ3) is 4.87. The summed E-state index contributed by atoms with van der Waals surface area (Å²) in [6.45, 7) is 0.947. The van der Waals surface area contributed by atoms with Crippen LogP contribution in [0.5, 0.6) is 0 Å². The number of amides is 1. The van der Waals surface area contributed by atoms with Gasteiger partial charge in [-0.25, -0.2) is 23.7 Å². The van der Waals surface area contributed by atoms with E-state index in [2.05, 4.69) is 10.2 Å². The van der Waals surface area contributed by atoms with Gasteiger partial charge in [0.2, 0.25) is 0 Å². The van der Waals surface area contributed by atoms with Crippen molar-refractivity contribution in [3.63, 3.8) is 0 Å². The number of carbonyl (C=O) groups excluding carboxylic acids is 1. The number of aryl methyl sites for hydroxylation is 2. The molecule has 6 aromatic rings. The lowest BCUT2D eigenvalue weighted by atomic mass is 9.90. The summed E-state index contributed by atoms with van der Waals surface area (Å²) < 4.78 is 35.3. The second kappa shape index (κ2) is 11.1. The van der Waals surface area contributed by atoms with Crippen LogP contribution in [0.1, 0.15) is 57.3 Å². The van der Waals surface area contributed by atoms with Crippen molar-refractivity contribution >= 4 is 16.9 Å². The smallest absolute Gasteiger partial charge is 0.388 e. The van der Waals surface area contributed by atoms with Crippen LogP contribution in [0, 0.1) is 23.0 Å². The average Bonchev–Trinajstić information content (AvgIpc) is 3.87. The highest BCUT2D eigenvalue weighted by Gasteiger charge is 2.44. The number of fused-ring (bicyclic) bond motifs is 4. The number of carbonyl (C=O) groups is 1. The number of nitrogens with one attached hydrogen (secondary N) is 1. The molecule has 2 aliphatic rings. The van der Waals surface area contributed by atoms with Gasteiger partial charge >= 0.3 is 5.76 Å². The molecule has 1 saturated heterocycles. The number of aromatic nitrogens is 5. The molecule has 1 N–H and O–H groups in total. The molecule has 6 heterocycles. The number of halogens is 2. The van der Waals surface area contributed by atoms with Gasteiger partial charge < -0.3 is 13.9 Å². The maximum absolute atomic E-state index is 14.3. The number of hydrogen-bond donors (Lipinski definition) is 1. The molecule has 12 heteroatoms. The zero-order chi connectivity index (χ0) is 32.2. The maximum Gasteiger partial charge on any atom is 0.434 e. The Hall–Kier alpha value is -5.96. The number of H-pyrrole nitrogens is 1. The summed E-state index contributed by atoms with van der Waals surface area (Å²) in [6.07, 6.45) is 6.10. The first-order chi connectivity index (χ1) is 22.9. The third-order valence-electron chi connectivity index (χ3n) is 8.96. The quantitative estimate of drug-likeness (QED) is 0.239. The van der Waals surface area contributed by atoms with Gasteiger partial charge in [-0.15, -0.1) is 5.10 Å². The Balaban J connectivity index is 1.28. The number of rotatable bonds is 7. The topological polar surface area (TPSA) is 134 Å². The van der Waals surface area contributed by atoms with Crippen LogP contribution in [0.15, 0.2) is 76.2 Å². The number of benzene rings is 2. The second-order valence-corrected chi connectivity index (χ2v) is 11.8. The summed E-state index contributed by atoms with van der Waals surface area (Å²) in [6, 6.07) is 16.2. The SMILES string of the molecule is N#Cc1ccc(Cn2ccc3cc(-c4c5c(nc(CCc6ccc(F)cc6)c4-c4n[nH]c(=O)o4)C4CCCN4C5=O)cnc32)cc1F. The van der Waals surface area contributed by atoms with Gasteiger partial charge in [0.05, 0.1) is 34.1 Å². The van der Waals surface area contributed by atoms with Crippen molar-refractivity contribution in [3.8, 4) is 28.7 Å². The zero-order valence-corrected chi connectivity index (χ0v) is 24.8.